The van der Waals surface area contributed by atoms with Crippen LogP contribution in [0.2, 0.25) is 0 Å². The van der Waals surface area contributed by atoms with Crippen LogP contribution in [-0.2, 0) is 0 Å². The van der Waals surface area contributed by atoms with Crippen LogP contribution < -0.4 is 10.6 Å². The van der Waals surface area contributed by atoms with Crippen LogP contribution >= 0.6 is 0 Å². The lowest BCUT2D eigenvalue weighted by Gasteiger charge is -2.31. The molecule has 0 unspecified atom stereocenters. The van der Waals surface area contributed by atoms with Gasteiger partial charge in [-0.1, -0.05) is 48.5 Å². The quantitative estimate of drug-likeness (QED) is 0.702. The number of nitrogens with one attached hydrogen (secondary N) is 2. The number of benzene rings is 2. The number of rotatable bonds is 6. The molecular formula is C21H25N5O. The van der Waals surface area contributed by atoms with Crippen molar-refractivity contribution in [2.24, 2.45) is 0 Å². The summed E-state index contributed by atoms with van der Waals surface area (Å²) < 4.78 is 1.73. The second-order valence-corrected chi connectivity index (χ2v) is 6.72. The SMILES string of the molecule is C[C@H](NC(=O)Nc1cnn(-c2ccccc2)c1)[C@H](c1ccccc1)N(C)C. The van der Waals surface area contributed by atoms with Gasteiger partial charge in [0.1, 0.15) is 0 Å². The lowest BCUT2D eigenvalue weighted by molar-refractivity contribution is 0.223. The number of hydrogen-bond donors (Lipinski definition) is 2. The van der Waals surface area contributed by atoms with E-state index in [0.29, 0.717) is 5.69 Å². The van der Waals surface area contributed by atoms with E-state index in [-0.39, 0.29) is 18.1 Å². The van der Waals surface area contributed by atoms with Crippen molar-refractivity contribution in [1.29, 1.82) is 0 Å². The maximum Gasteiger partial charge on any atom is 0.319 e. The predicted octanol–water partition coefficient (Wildman–Crippen LogP) is 3.69. The number of amides is 2. The number of likely N-dealkylation sites (N-methyl/N-ethyl adjacent to an activating group) is 1. The van der Waals surface area contributed by atoms with E-state index in [1.165, 1.54) is 0 Å². The lowest BCUT2D eigenvalue weighted by atomic mass is 9.99. The monoisotopic (exact) mass is 363 g/mol. The zero-order chi connectivity index (χ0) is 19.2. The first-order chi connectivity index (χ1) is 13.0. The van der Waals surface area contributed by atoms with Crippen LogP contribution in [0.3, 0.4) is 0 Å². The first-order valence-corrected chi connectivity index (χ1v) is 8.93. The Morgan fingerprint density at radius 1 is 1.04 bits per heavy atom. The molecule has 6 nitrogen and oxygen atoms in total. The molecule has 0 aliphatic rings. The fourth-order valence-electron chi connectivity index (χ4n) is 3.25. The second kappa shape index (κ2) is 8.51. The molecule has 0 bridgehead atoms. The fourth-order valence-corrected chi connectivity index (χ4v) is 3.25. The standard InChI is InChI=1S/C21H25N5O/c1-16(20(25(2)3)17-10-6-4-7-11-17)23-21(27)24-18-14-22-26(15-18)19-12-8-5-9-13-19/h4-16,20H,1-3H3,(H2,23,24,27)/t16-,20+/m0/s1. The molecule has 6 heteroatoms. The third kappa shape index (κ3) is 4.74. The fraction of sp³-hybridized carbons (Fsp3) is 0.238. The number of carbonyl (C=O) groups excluding carboxylic acids is 1. The Morgan fingerprint density at radius 2 is 1.67 bits per heavy atom. The highest BCUT2D eigenvalue weighted by molar-refractivity contribution is 5.89. The van der Waals surface area contributed by atoms with Crippen LogP contribution in [0, 0.1) is 0 Å². The van der Waals surface area contributed by atoms with E-state index in [4.69, 9.17) is 0 Å². The van der Waals surface area contributed by atoms with Crippen LogP contribution in [-0.4, -0.2) is 40.8 Å². The van der Waals surface area contributed by atoms with Crippen LogP contribution in [0.1, 0.15) is 18.5 Å². The Kier molecular flexibility index (Phi) is 5.88. The molecule has 0 aliphatic carbocycles. The molecule has 140 valence electrons. The van der Waals surface area contributed by atoms with Crippen molar-refractivity contribution in [3.63, 3.8) is 0 Å². The van der Waals surface area contributed by atoms with Crippen molar-refractivity contribution >= 4 is 11.7 Å². The zero-order valence-electron chi connectivity index (χ0n) is 15.8. The minimum absolute atomic E-state index is 0.0731. The summed E-state index contributed by atoms with van der Waals surface area (Å²) in [5.41, 5.74) is 2.74. The van der Waals surface area contributed by atoms with E-state index < -0.39 is 0 Å². The van der Waals surface area contributed by atoms with E-state index in [1.807, 2.05) is 69.6 Å². The molecule has 0 aliphatic heterocycles. The smallest absolute Gasteiger partial charge is 0.319 e. The molecular weight excluding hydrogens is 338 g/mol. The van der Waals surface area contributed by atoms with Gasteiger partial charge in [0.25, 0.3) is 0 Å². The van der Waals surface area contributed by atoms with Crippen molar-refractivity contribution < 1.29 is 4.79 Å². The van der Waals surface area contributed by atoms with Gasteiger partial charge >= 0.3 is 6.03 Å². The molecule has 0 spiro atoms. The maximum absolute atomic E-state index is 12.4. The third-order valence-electron chi connectivity index (χ3n) is 4.39. The number of carbonyl (C=O) groups is 1. The van der Waals surface area contributed by atoms with E-state index >= 15 is 0 Å². The zero-order valence-corrected chi connectivity index (χ0v) is 15.8. The highest BCUT2D eigenvalue weighted by Gasteiger charge is 2.23. The van der Waals surface area contributed by atoms with Gasteiger partial charge in [-0.25, -0.2) is 9.48 Å². The number of aromatic nitrogens is 2. The van der Waals surface area contributed by atoms with Crippen LogP contribution in [0.25, 0.3) is 5.69 Å². The van der Waals surface area contributed by atoms with E-state index in [2.05, 4.69) is 32.8 Å². The normalized spacial score (nSPS) is 13.2. The van der Waals surface area contributed by atoms with Crippen molar-refractivity contribution in [2.45, 2.75) is 19.0 Å². The second-order valence-electron chi connectivity index (χ2n) is 6.72. The van der Waals surface area contributed by atoms with Gasteiger partial charge in [-0.15, -0.1) is 0 Å². The molecule has 2 atom stereocenters. The molecule has 0 saturated heterocycles. The van der Waals surface area contributed by atoms with Crippen LogP contribution in [0.5, 0.6) is 0 Å². The number of urea groups is 1. The molecule has 27 heavy (non-hydrogen) atoms. The van der Waals surface area contributed by atoms with E-state index in [9.17, 15) is 4.79 Å². The summed E-state index contributed by atoms with van der Waals surface area (Å²) in [4.78, 5) is 14.6. The summed E-state index contributed by atoms with van der Waals surface area (Å²) in [6, 6.07) is 19.7. The number of para-hydroxylation sites is 1. The summed E-state index contributed by atoms with van der Waals surface area (Å²) in [7, 11) is 4.02. The summed E-state index contributed by atoms with van der Waals surface area (Å²) in [5.74, 6) is 0. The molecule has 2 aromatic carbocycles. The van der Waals surface area contributed by atoms with Gasteiger partial charge in [-0.3, -0.25) is 0 Å². The maximum atomic E-state index is 12.4. The molecule has 2 N–H and O–H groups in total. The molecule has 0 saturated carbocycles. The van der Waals surface area contributed by atoms with Crippen molar-refractivity contribution in [3.05, 3.63) is 78.6 Å². The summed E-state index contributed by atoms with van der Waals surface area (Å²) >= 11 is 0. The van der Waals surface area contributed by atoms with Crippen molar-refractivity contribution in [3.8, 4) is 5.69 Å². The Hall–Kier alpha value is -3.12. The molecule has 1 aromatic heterocycles. The van der Waals surface area contributed by atoms with Gasteiger partial charge in [0.15, 0.2) is 0 Å². The molecule has 0 fully saturated rings. The number of anilines is 1. The van der Waals surface area contributed by atoms with Crippen LogP contribution in [0.15, 0.2) is 73.1 Å². The summed E-state index contributed by atoms with van der Waals surface area (Å²) in [6.45, 7) is 2.00. The molecule has 0 radical (unpaired) electrons. The van der Waals surface area contributed by atoms with Gasteiger partial charge in [-0.2, -0.15) is 5.10 Å². The molecule has 1 heterocycles. The third-order valence-corrected chi connectivity index (χ3v) is 4.39. The Balaban J connectivity index is 1.64. The van der Waals surface area contributed by atoms with E-state index in [0.717, 1.165) is 11.3 Å². The Labute approximate surface area is 159 Å². The average Bonchev–Trinajstić information content (AvgIpc) is 3.11. The Morgan fingerprint density at radius 3 is 2.30 bits per heavy atom. The Bertz CT molecular complexity index is 861. The van der Waals surface area contributed by atoms with Gasteiger partial charge in [-0.05, 0) is 38.7 Å². The minimum Gasteiger partial charge on any atom is -0.333 e. The number of hydrogen-bond acceptors (Lipinski definition) is 3. The first kappa shape index (κ1) is 18.7. The largest absolute Gasteiger partial charge is 0.333 e. The van der Waals surface area contributed by atoms with Gasteiger partial charge in [0.05, 0.1) is 29.8 Å². The lowest BCUT2D eigenvalue weighted by Crippen LogP contribution is -2.44. The number of nitrogens with zero attached hydrogens (tertiary/aromatic N) is 3. The predicted molar refractivity (Wildman–Crippen MR) is 108 cm³/mol. The topological polar surface area (TPSA) is 62.2 Å². The summed E-state index contributed by atoms with van der Waals surface area (Å²) in [5, 5.41) is 10.2. The summed E-state index contributed by atoms with van der Waals surface area (Å²) in [6.07, 6.45) is 3.43. The molecule has 3 aromatic rings. The van der Waals surface area contributed by atoms with Crippen LogP contribution in [0.4, 0.5) is 10.5 Å². The van der Waals surface area contributed by atoms with Gasteiger partial charge < -0.3 is 15.5 Å². The molecule has 2 amide bonds. The highest BCUT2D eigenvalue weighted by Crippen LogP contribution is 2.22. The highest BCUT2D eigenvalue weighted by atomic mass is 16.2. The van der Waals surface area contributed by atoms with E-state index in [1.54, 1.807) is 17.1 Å². The first-order valence-electron chi connectivity index (χ1n) is 8.93. The van der Waals surface area contributed by atoms with Gasteiger partial charge in [0, 0.05) is 6.04 Å². The molecule has 3 rings (SSSR count). The van der Waals surface area contributed by atoms with Crippen molar-refractivity contribution in [1.82, 2.24) is 20.0 Å². The van der Waals surface area contributed by atoms with Crippen molar-refractivity contribution in [2.75, 3.05) is 19.4 Å². The average molecular weight is 363 g/mol. The minimum atomic E-state index is -0.252. The van der Waals surface area contributed by atoms with Gasteiger partial charge in [0.2, 0.25) is 0 Å².